The topological polar surface area (TPSA) is 47.6 Å². The van der Waals surface area contributed by atoms with Gasteiger partial charge in [0.1, 0.15) is 19.2 Å². The molecule has 5 heteroatoms. The number of methoxy groups -OCH3 is 1. The lowest BCUT2D eigenvalue weighted by Crippen LogP contribution is -2.32. The molecule has 96 valence electrons. The van der Waals surface area contributed by atoms with Crippen LogP contribution in [0.3, 0.4) is 0 Å². The van der Waals surface area contributed by atoms with Gasteiger partial charge >= 0.3 is 6.09 Å². The molecule has 2 radical (unpaired) electrons. The van der Waals surface area contributed by atoms with Crippen LogP contribution in [0.1, 0.15) is 26.3 Å². The predicted octanol–water partition coefficient (Wildman–Crippen LogP) is 1.51. The van der Waals surface area contributed by atoms with Crippen molar-refractivity contribution in [1.29, 1.82) is 0 Å². The molecule has 0 fully saturated rings. The molecule has 0 atom stereocenters. The number of amides is 1. The van der Waals surface area contributed by atoms with Gasteiger partial charge in [0.05, 0.1) is 7.11 Å². The minimum Gasteiger partial charge on any atom is -0.496 e. The Balaban J connectivity index is 2.61. The van der Waals surface area contributed by atoms with E-state index in [2.05, 4.69) is 5.32 Å². The molecule has 4 nitrogen and oxygen atoms in total. The molecule has 1 N–H and O–H groups in total. The molecule has 0 aliphatic carbocycles. The predicted molar refractivity (Wildman–Crippen MR) is 71.5 cm³/mol. The summed E-state index contributed by atoms with van der Waals surface area (Å²) in [6.07, 6.45) is -0.457. The van der Waals surface area contributed by atoms with E-state index in [1.54, 1.807) is 19.2 Å². The van der Waals surface area contributed by atoms with Crippen molar-refractivity contribution in [2.24, 2.45) is 0 Å². The summed E-state index contributed by atoms with van der Waals surface area (Å²) < 4.78 is 10.3. The zero-order valence-electron chi connectivity index (χ0n) is 11.2. The zero-order chi connectivity index (χ0) is 13.8. The first-order chi connectivity index (χ1) is 8.31. The van der Waals surface area contributed by atoms with Crippen molar-refractivity contribution in [3.8, 4) is 5.75 Å². The number of ether oxygens (including phenoxy) is 2. The Morgan fingerprint density at radius 3 is 2.61 bits per heavy atom. The molecule has 0 saturated heterocycles. The van der Waals surface area contributed by atoms with Crippen LogP contribution in [-0.2, 0) is 11.3 Å². The molecule has 0 spiro atoms. The number of carbonyl (C=O) groups is 1. The molecule has 1 rings (SSSR count). The van der Waals surface area contributed by atoms with Crippen molar-refractivity contribution in [3.63, 3.8) is 0 Å². The van der Waals surface area contributed by atoms with E-state index in [1.165, 1.54) is 0 Å². The van der Waals surface area contributed by atoms with Crippen LogP contribution in [0.25, 0.3) is 0 Å². The summed E-state index contributed by atoms with van der Waals surface area (Å²) in [6.45, 7) is 5.78. The maximum atomic E-state index is 11.5. The lowest BCUT2D eigenvalue weighted by Gasteiger charge is -2.20. The summed E-state index contributed by atoms with van der Waals surface area (Å²) >= 11 is 0. The Morgan fingerprint density at radius 2 is 2.06 bits per heavy atom. The first-order valence-corrected chi connectivity index (χ1v) is 5.71. The number of nitrogens with one attached hydrogen (secondary N) is 1. The fourth-order valence-electron chi connectivity index (χ4n) is 1.39. The fourth-order valence-corrected chi connectivity index (χ4v) is 1.39. The van der Waals surface area contributed by atoms with Gasteiger partial charge in [0.2, 0.25) is 0 Å². The molecule has 0 aliphatic rings. The van der Waals surface area contributed by atoms with Crippen LogP contribution in [0.2, 0.25) is 0 Å². The van der Waals surface area contributed by atoms with Gasteiger partial charge in [-0.25, -0.2) is 4.79 Å². The van der Waals surface area contributed by atoms with Crippen LogP contribution in [0.4, 0.5) is 4.79 Å². The van der Waals surface area contributed by atoms with Crippen molar-refractivity contribution in [2.75, 3.05) is 7.11 Å². The normalized spacial score (nSPS) is 10.9. The summed E-state index contributed by atoms with van der Waals surface area (Å²) in [6, 6.07) is 5.28. The van der Waals surface area contributed by atoms with Gasteiger partial charge in [-0.3, -0.25) is 0 Å². The highest BCUT2D eigenvalue weighted by molar-refractivity contribution is 6.32. The van der Waals surface area contributed by atoms with Gasteiger partial charge in [-0.15, -0.1) is 0 Å². The van der Waals surface area contributed by atoms with Gasteiger partial charge in [-0.1, -0.05) is 17.6 Å². The third kappa shape index (κ3) is 4.69. The lowest BCUT2D eigenvalue weighted by molar-refractivity contribution is 0.0523. The summed E-state index contributed by atoms with van der Waals surface area (Å²) in [5.74, 6) is 0.644. The number of hydrogen-bond acceptors (Lipinski definition) is 3. The second-order valence-corrected chi connectivity index (χ2v) is 4.93. The molecular formula is C13H18BNO3. The van der Waals surface area contributed by atoms with Crippen molar-refractivity contribution >= 4 is 19.4 Å². The van der Waals surface area contributed by atoms with E-state index in [-0.39, 0.29) is 0 Å². The number of carbonyl (C=O) groups excluding carboxylic acids is 1. The van der Waals surface area contributed by atoms with Crippen LogP contribution in [0, 0.1) is 0 Å². The summed E-state index contributed by atoms with van der Waals surface area (Å²) in [4.78, 5) is 11.5. The molecule has 18 heavy (non-hydrogen) atoms. The Kier molecular flexibility index (Phi) is 4.65. The van der Waals surface area contributed by atoms with Crippen LogP contribution < -0.4 is 15.5 Å². The minimum absolute atomic E-state index is 0.332. The Labute approximate surface area is 109 Å². The molecular weight excluding hydrogens is 229 g/mol. The van der Waals surface area contributed by atoms with Crippen LogP contribution in [0.15, 0.2) is 18.2 Å². The number of alkyl carbamates (subject to hydrolysis) is 1. The maximum absolute atomic E-state index is 11.5. The molecule has 0 saturated carbocycles. The smallest absolute Gasteiger partial charge is 0.407 e. The molecule has 0 bridgehead atoms. The van der Waals surface area contributed by atoms with E-state index in [0.29, 0.717) is 17.8 Å². The molecule has 1 aromatic rings. The minimum atomic E-state index is -0.505. The van der Waals surface area contributed by atoms with Gasteiger partial charge in [0.15, 0.2) is 0 Å². The van der Waals surface area contributed by atoms with Gasteiger partial charge in [0, 0.05) is 12.1 Å². The number of rotatable bonds is 3. The molecule has 1 aromatic carbocycles. The highest BCUT2D eigenvalue weighted by Crippen LogP contribution is 2.15. The SMILES string of the molecule is [B]c1ccc(CNC(=O)OC(C)(C)C)c(OC)c1. The summed E-state index contributed by atoms with van der Waals surface area (Å²) in [7, 11) is 7.21. The van der Waals surface area contributed by atoms with E-state index in [9.17, 15) is 4.79 Å². The van der Waals surface area contributed by atoms with Gasteiger partial charge in [-0.05, 0) is 26.8 Å². The fraction of sp³-hybridized carbons (Fsp3) is 0.462. The van der Waals surface area contributed by atoms with E-state index in [1.807, 2.05) is 26.8 Å². The van der Waals surface area contributed by atoms with Crippen LogP contribution >= 0.6 is 0 Å². The lowest BCUT2D eigenvalue weighted by atomic mass is 9.94. The van der Waals surface area contributed by atoms with Crippen LogP contribution in [0.5, 0.6) is 5.75 Å². The number of benzene rings is 1. The zero-order valence-corrected chi connectivity index (χ0v) is 11.2. The third-order valence-corrected chi connectivity index (χ3v) is 2.13. The highest BCUT2D eigenvalue weighted by Gasteiger charge is 2.16. The molecule has 0 unspecified atom stereocenters. The summed E-state index contributed by atoms with van der Waals surface area (Å²) in [5, 5.41) is 2.67. The average Bonchev–Trinajstić information content (AvgIpc) is 2.24. The van der Waals surface area contributed by atoms with Crippen molar-refractivity contribution in [2.45, 2.75) is 32.9 Å². The van der Waals surface area contributed by atoms with E-state index >= 15 is 0 Å². The average molecular weight is 247 g/mol. The second-order valence-electron chi connectivity index (χ2n) is 4.93. The number of hydrogen-bond donors (Lipinski definition) is 1. The monoisotopic (exact) mass is 247 g/mol. The van der Waals surface area contributed by atoms with E-state index < -0.39 is 11.7 Å². The Hall–Kier alpha value is -1.65. The summed E-state index contributed by atoms with van der Waals surface area (Å²) in [5.41, 5.74) is 0.959. The highest BCUT2D eigenvalue weighted by atomic mass is 16.6. The van der Waals surface area contributed by atoms with Crippen molar-refractivity contribution in [3.05, 3.63) is 23.8 Å². The van der Waals surface area contributed by atoms with Crippen LogP contribution in [-0.4, -0.2) is 26.7 Å². The Morgan fingerprint density at radius 1 is 1.39 bits per heavy atom. The molecule has 0 heterocycles. The first kappa shape index (κ1) is 14.4. The van der Waals surface area contributed by atoms with E-state index in [4.69, 9.17) is 17.3 Å². The standard InChI is InChI=1S/C13H18BNO3/c1-13(2,3)18-12(16)15-8-9-5-6-10(14)7-11(9)17-4/h5-7H,8H2,1-4H3,(H,15,16). The largest absolute Gasteiger partial charge is 0.496 e. The second kappa shape index (κ2) is 5.80. The third-order valence-electron chi connectivity index (χ3n) is 2.13. The molecule has 1 amide bonds. The van der Waals surface area contributed by atoms with Crippen molar-refractivity contribution in [1.82, 2.24) is 5.32 Å². The maximum Gasteiger partial charge on any atom is 0.407 e. The Bertz CT molecular complexity index is 427. The van der Waals surface area contributed by atoms with Gasteiger partial charge in [0.25, 0.3) is 0 Å². The van der Waals surface area contributed by atoms with Gasteiger partial charge in [-0.2, -0.15) is 0 Å². The molecule has 0 aliphatic heterocycles. The van der Waals surface area contributed by atoms with E-state index in [0.717, 1.165) is 5.56 Å². The van der Waals surface area contributed by atoms with Gasteiger partial charge < -0.3 is 14.8 Å². The first-order valence-electron chi connectivity index (χ1n) is 5.71. The molecule has 0 aromatic heterocycles. The van der Waals surface area contributed by atoms with Crippen molar-refractivity contribution < 1.29 is 14.3 Å². The quantitative estimate of drug-likeness (QED) is 0.823.